The molecule has 0 saturated carbocycles. The van der Waals surface area contributed by atoms with Crippen LogP contribution in [0.1, 0.15) is 53.6 Å². The molecule has 1 unspecified atom stereocenters. The fourth-order valence-corrected chi connectivity index (χ4v) is 4.39. The van der Waals surface area contributed by atoms with Gasteiger partial charge in [-0.15, -0.1) is 0 Å². The van der Waals surface area contributed by atoms with Crippen LogP contribution in [0.2, 0.25) is 5.02 Å². The monoisotopic (exact) mass is 446 g/mol. The maximum absolute atomic E-state index is 13.1. The molecule has 1 heterocycles. The molecule has 3 N–H and O–H groups in total. The van der Waals surface area contributed by atoms with Gasteiger partial charge in [-0.05, 0) is 54.7 Å². The highest BCUT2D eigenvalue weighted by Gasteiger charge is 2.40. The lowest BCUT2D eigenvalue weighted by atomic mass is 9.76. The van der Waals surface area contributed by atoms with Crippen molar-refractivity contribution in [1.82, 2.24) is 10.4 Å². The van der Waals surface area contributed by atoms with Gasteiger partial charge in [0, 0.05) is 28.3 Å². The lowest BCUT2D eigenvalue weighted by Crippen LogP contribution is -2.48. The van der Waals surface area contributed by atoms with E-state index in [1.807, 2.05) is 24.3 Å². The summed E-state index contributed by atoms with van der Waals surface area (Å²) in [5.41, 5.74) is 13.0. The molecule has 2 aromatic carbocycles. The number of allylic oxidation sites excluding steroid dienone is 3. The number of hydrogen-bond donors (Lipinski definition) is 2. The van der Waals surface area contributed by atoms with Gasteiger partial charge >= 0.3 is 0 Å². The molecule has 0 saturated heterocycles. The van der Waals surface area contributed by atoms with Crippen LogP contribution in [0.4, 0.5) is 0 Å². The zero-order chi connectivity index (χ0) is 22.8. The van der Waals surface area contributed by atoms with Gasteiger partial charge in [0.25, 0.3) is 5.91 Å². The van der Waals surface area contributed by atoms with Crippen LogP contribution in [-0.2, 0) is 11.2 Å². The molecular weight excluding hydrogens is 424 g/mol. The summed E-state index contributed by atoms with van der Waals surface area (Å²) in [6.45, 7) is 2.07. The van der Waals surface area contributed by atoms with Gasteiger partial charge in [0.2, 0.25) is 0 Å². The van der Waals surface area contributed by atoms with Crippen LogP contribution >= 0.6 is 11.6 Å². The molecule has 0 radical (unpaired) electrons. The summed E-state index contributed by atoms with van der Waals surface area (Å²) in [7, 11) is 0. The zero-order valence-corrected chi connectivity index (χ0v) is 18.4. The molecule has 1 aliphatic heterocycles. The van der Waals surface area contributed by atoms with Crippen molar-refractivity contribution in [2.24, 2.45) is 5.73 Å². The number of nitrogens with one attached hydrogen (secondary N) is 1. The number of aryl methyl sites for hydroxylation is 1. The molecule has 0 bridgehead atoms. The van der Waals surface area contributed by atoms with Gasteiger partial charge in [-0.1, -0.05) is 42.8 Å². The number of nitriles is 1. The summed E-state index contributed by atoms with van der Waals surface area (Å²) in [5, 5.41) is 11.9. The van der Waals surface area contributed by atoms with Gasteiger partial charge in [0.15, 0.2) is 5.78 Å². The Morgan fingerprint density at radius 3 is 2.50 bits per heavy atom. The summed E-state index contributed by atoms with van der Waals surface area (Å²) >= 11 is 5.92. The van der Waals surface area contributed by atoms with Gasteiger partial charge < -0.3 is 5.73 Å². The molecule has 4 rings (SSSR count). The number of hydrogen-bond acceptors (Lipinski definition) is 5. The number of carbonyl (C=O) groups is 2. The maximum atomic E-state index is 13.1. The third-order valence-corrected chi connectivity index (χ3v) is 6.21. The van der Waals surface area contributed by atoms with Crippen LogP contribution in [0.3, 0.4) is 0 Å². The number of nitrogens with zero attached hydrogens (tertiary/aromatic N) is 2. The molecule has 6 nitrogen and oxygen atoms in total. The van der Waals surface area contributed by atoms with E-state index in [-0.39, 0.29) is 17.2 Å². The van der Waals surface area contributed by atoms with Gasteiger partial charge in [-0.3, -0.25) is 15.0 Å². The van der Waals surface area contributed by atoms with Crippen LogP contribution < -0.4 is 11.2 Å². The molecule has 1 aliphatic carbocycles. The maximum Gasteiger partial charge on any atom is 0.270 e. The summed E-state index contributed by atoms with van der Waals surface area (Å²) in [6, 6.07) is 16.5. The van der Waals surface area contributed by atoms with E-state index < -0.39 is 11.8 Å². The van der Waals surface area contributed by atoms with Gasteiger partial charge in [0.1, 0.15) is 5.82 Å². The van der Waals surface area contributed by atoms with Crippen molar-refractivity contribution < 1.29 is 9.59 Å². The standard InChI is InChI=1S/C25H23ClN4O2/c1-2-15-6-8-16(9-7-15)22-19(14-27)24(28)30(20-4-3-5-21(31)23(20)22)29-25(32)17-10-12-18(26)13-11-17/h6-13,22H,2-5,28H2,1H3,(H,29,32). The lowest BCUT2D eigenvalue weighted by molar-refractivity contribution is -0.116. The number of ketones is 1. The quantitative estimate of drug-likeness (QED) is 0.727. The average molecular weight is 447 g/mol. The molecule has 32 heavy (non-hydrogen) atoms. The van der Waals surface area contributed by atoms with Gasteiger partial charge in [0.05, 0.1) is 17.6 Å². The second-order valence-corrected chi connectivity index (χ2v) is 8.30. The van der Waals surface area contributed by atoms with Crippen molar-refractivity contribution in [3.63, 3.8) is 0 Å². The van der Waals surface area contributed by atoms with E-state index in [1.54, 1.807) is 24.3 Å². The van der Waals surface area contributed by atoms with Crippen molar-refractivity contribution in [1.29, 1.82) is 5.26 Å². The Kier molecular flexibility index (Phi) is 6.02. The van der Waals surface area contributed by atoms with Gasteiger partial charge in [-0.2, -0.15) is 5.26 Å². The lowest BCUT2D eigenvalue weighted by Gasteiger charge is -2.39. The molecular formula is C25H23ClN4O2. The normalized spacial score (nSPS) is 18.3. The fourth-order valence-electron chi connectivity index (χ4n) is 4.26. The highest BCUT2D eigenvalue weighted by molar-refractivity contribution is 6.30. The third-order valence-electron chi connectivity index (χ3n) is 5.95. The van der Waals surface area contributed by atoms with Crippen LogP contribution in [0.25, 0.3) is 0 Å². The SMILES string of the molecule is CCc1ccc(C2C(C#N)=C(N)N(NC(=O)c3ccc(Cl)cc3)C3=C2C(=O)CCC3)cc1. The van der Waals surface area contributed by atoms with E-state index >= 15 is 0 Å². The highest BCUT2D eigenvalue weighted by atomic mass is 35.5. The van der Waals surface area contributed by atoms with Gasteiger partial charge in [-0.25, -0.2) is 5.01 Å². The Morgan fingerprint density at radius 1 is 1.19 bits per heavy atom. The molecule has 2 aliphatic rings. The molecule has 162 valence electrons. The second-order valence-electron chi connectivity index (χ2n) is 7.86. The third kappa shape index (κ3) is 3.88. The predicted octanol–water partition coefficient (Wildman–Crippen LogP) is 4.35. The van der Waals surface area contributed by atoms with Crippen LogP contribution in [0.15, 0.2) is 71.2 Å². The van der Waals surface area contributed by atoms with E-state index in [2.05, 4.69) is 18.4 Å². The Balaban J connectivity index is 1.78. The largest absolute Gasteiger partial charge is 0.383 e. The Hall–Kier alpha value is -3.56. The number of rotatable bonds is 4. The Morgan fingerprint density at radius 2 is 1.88 bits per heavy atom. The first-order valence-corrected chi connectivity index (χ1v) is 10.9. The number of nitrogens with two attached hydrogens (primary N) is 1. The molecule has 1 atom stereocenters. The summed E-state index contributed by atoms with van der Waals surface area (Å²) in [4.78, 5) is 25.9. The number of hydrazine groups is 1. The first-order valence-electron chi connectivity index (χ1n) is 10.6. The van der Waals surface area contributed by atoms with Crippen LogP contribution in [-0.4, -0.2) is 16.7 Å². The van der Waals surface area contributed by atoms with Crippen molar-refractivity contribution >= 4 is 23.3 Å². The first-order chi connectivity index (χ1) is 15.4. The van der Waals surface area contributed by atoms with E-state index in [0.29, 0.717) is 41.1 Å². The zero-order valence-electron chi connectivity index (χ0n) is 17.7. The molecule has 7 heteroatoms. The van der Waals surface area contributed by atoms with Crippen molar-refractivity contribution in [3.8, 4) is 6.07 Å². The average Bonchev–Trinajstić information content (AvgIpc) is 2.81. The first kappa shape index (κ1) is 21.7. The number of amides is 1. The molecule has 0 aromatic heterocycles. The second kappa shape index (κ2) is 8.89. The topological polar surface area (TPSA) is 99.2 Å². The minimum Gasteiger partial charge on any atom is -0.383 e. The van der Waals surface area contributed by atoms with E-state index in [9.17, 15) is 14.9 Å². The number of carbonyl (C=O) groups excluding carboxylic acids is 2. The highest BCUT2D eigenvalue weighted by Crippen LogP contribution is 2.44. The summed E-state index contributed by atoms with van der Waals surface area (Å²) in [6.07, 6.45) is 2.53. The van der Waals surface area contributed by atoms with Crippen LogP contribution in [0.5, 0.6) is 0 Å². The van der Waals surface area contributed by atoms with Crippen molar-refractivity contribution in [3.05, 3.63) is 92.9 Å². The summed E-state index contributed by atoms with van der Waals surface area (Å²) in [5.74, 6) is -0.843. The van der Waals surface area contributed by atoms with Crippen molar-refractivity contribution in [2.75, 3.05) is 0 Å². The molecule has 0 fully saturated rings. The smallest absolute Gasteiger partial charge is 0.270 e. The number of halogens is 1. The van der Waals surface area contributed by atoms with E-state index in [1.165, 1.54) is 10.6 Å². The van der Waals surface area contributed by atoms with E-state index in [0.717, 1.165) is 12.0 Å². The number of Topliss-reactive ketones (excluding diaryl/α,β-unsaturated/α-hetero) is 1. The van der Waals surface area contributed by atoms with E-state index in [4.69, 9.17) is 17.3 Å². The van der Waals surface area contributed by atoms with Crippen molar-refractivity contribution in [2.45, 2.75) is 38.5 Å². The summed E-state index contributed by atoms with van der Waals surface area (Å²) < 4.78 is 0. The number of benzene rings is 2. The minimum absolute atomic E-state index is 0.0261. The molecule has 0 spiro atoms. The fraction of sp³-hybridized carbons (Fsp3) is 0.240. The van der Waals surface area contributed by atoms with Crippen LogP contribution in [0, 0.1) is 11.3 Å². The Bertz CT molecular complexity index is 1170. The minimum atomic E-state index is -0.544. The Labute approximate surface area is 191 Å². The predicted molar refractivity (Wildman–Crippen MR) is 122 cm³/mol. The molecule has 1 amide bonds. The molecule has 2 aromatic rings.